The van der Waals surface area contributed by atoms with Crippen molar-refractivity contribution in [2.24, 2.45) is 0 Å². The molecule has 0 unspecified atom stereocenters. The monoisotopic (exact) mass is 251 g/mol. The van der Waals surface area contributed by atoms with Crippen molar-refractivity contribution in [3.63, 3.8) is 0 Å². The van der Waals surface area contributed by atoms with E-state index in [0.29, 0.717) is 0 Å². The highest BCUT2D eigenvalue weighted by Gasteiger charge is 2.41. The maximum atomic E-state index is 12.2. The fourth-order valence-corrected chi connectivity index (χ4v) is 2.80. The normalized spacial score (nSPS) is 14.2. The van der Waals surface area contributed by atoms with Gasteiger partial charge < -0.3 is 5.11 Å². The minimum Gasteiger partial charge on any atom is -0.480 e. The Balaban J connectivity index is 5.47. The maximum Gasteiger partial charge on any atom is 0.318 e. The fraction of sp³-hybridized carbons (Fsp3) is 0.900. The molecule has 0 saturated carbocycles. The SMILES string of the molecule is CC(C)(C)N(CC(=O)O)S(=O)(=O)C(C)(C)C. The first-order valence-corrected chi connectivity index (χ1v) is 6.48. The highest BCUT2D eigenvalue weighted by atomic mass is 32.2. The molecule has 0 aliphatic rings. The highest BCUT2D eigenvalue weighted by Crippen LogP contribution is 2.26. The van der Waals surface area contributed by atoms with E-state index >= 15 is 0 Å². The van der Waals surface area contributed by atoms with Gasteiger partial charge in [0.1, 0.15) is 6.54 Å². The Labute approximate surface area is 97.5 Å². The summed E-state index contributed by atoms with van der Waals surface area (Å²) in [6.07, 6.45) is 0. The molecule has 96 valence electrons. The second kappa shape index (κ2) is 4.33. The van der Waals surface area contributed by atoms with Crippen molar-refractivity contribution < 1.29 is 18.3 Å². The van der Waals surface area contributed by atoms with Crippen LogP contribution in [0.1, 0.15) is 41.5 Å². The molecule has 0 fully saturated rings. The molecule has 0 radical (unpaired) electrons. The van der Waals surface area contributed by atoms with E-state index in [2.05, 4.69) is 0 Å². The Hall–Kier alpha value is -0.620. The number of carbonyl (C=O) groups is 1. The van der Waals surface area contributed by atoms with Crippen LogP contribution in [0.25, 0.3) is 0 Å². The van der Waals surface area contributed by atoms with Crippen molar-refractivity contribution in [2.45, 2.75) is 51.8 Å². The fourth-order valence-electron chi connectivity index (χ4n) is 1.14. The molecule has 0 rings (SSSR count). The lowest BCUT2D eigenvalue weighted by atomic mass is 10.1. The van der Waals surface area contributed by atoms with Crippen LogP contribution in [0, 0.1) is 0 Å². The molecule has 0 aromatic heterocycles. The van der Waals surface area contributed by atoms with Gasteiger partial charge in [-0.3, -0.25) is 4.79 Å². The largest absolute Gasteiger partial charge is 0.480 e. The van der Waals surface area contributed by atoms with Gasteiger partial charge in [0.25, 0.3) is 0 Å². The third-order valence-corrected chi connectivity index (χ3v) is 4.90. The predicted molar refractivity (Wildman–Crippen MR) is 62.8 cm³/mol. The molecule has 6 heteroatoms. The van der Waals surface area contributed by atoms with E-state index in [-0.39, 0.29) is 0 Å². The van der Waals surface area contributed by atoms with Crippen molar-refractivity contribution in [3.8, 4) is 0 Å². The molecular weight excluding hydrogens is 230 g/mol. The minimum atomic E-state index is -3.64. The van der Waals surface area contributed by atoms with Crippen LogP contribution < -0.4 is 0 Å². The lowest BCUT2D eigenvalue weighted by molar-refractivity contribution is -0.138. The van der Waals surface area contributed by atoms with Crippen LogP contribution in [-0.2, 0) is 14.8 Å². The average Bonchev–Trinajstić information content (AvgIpc) is 1.95. The Morgan fingerprint density at radius 3 is 1.69 bits per heavy atom. The first kappa shape index (κ1) is 15.4. The van der Waals surface area contributed by atoms with E-state index in [9.17, 15) is 13.2 Å². The van der Waals surface area contributed by atoms with Gasteiger partial charge in [-0.2, -0.15) is 4.31 Å². The molecule has 0 saturated heterocycles. The number of carboxylic acids is 1. The van der Waals surface area contributed by atoms with Gasteiger partial charge in [0.2, 0.25) is 10.0 Å². The average molecular weight is 251 g/mol. The molecule has 16 heavy (non-hydrogen) atoms. The van der Waals surface area contributed by atoms with Crippen LogP contribution in [-0.4, -0.2) is 40.6 Å². The van der Waals surface area contributed by atoms with Gasteiger partial charge in [0.05, 0.1) is 4.75 Å². The van der Waals surface area contributed by atoms with Gasteiger partial charge in [-0.25, -0.2) is 8.42 Å². The number of hydrogen-bond acceptors (Lipinski definition) is 3. The molecule has 0 atom stereocenters. The van der Waals surface area contributed by atoms with E-state index in [1.54, 1.807) is 41.5 Å². The van der Waals surface area contributed by atoms with Gasteiger partial charge in [0.15, 0.2) is 0 Å². The molecule has 0 amide bonds. The standard InChI is InChI=1S/C10H21NO4S/c1-9(2,3)11(7-8(12)13)16(14,15)10(4,5)6/h7H2,1-6H3,(H,12,13). The van der Waals surface area contributed by atoms with Crippen LogP contribution in [0.3, 0.4) is 0 Å². The smallest absolute Gasteiger partial charge is 0.318 e. The van der Waals surface area contributed by atoms with Gasteiger partial charge in [0, 0.05) is 5.54 Å². The third-order valence-electron chi connectivity index (χ3n) is 2.09. The first-order valence-electron chi connectivity index (χ1n) is 5.04. The molecule has 0 bridgehead atoms. The summed E-state index contributed by atoms with van der Waals surface area (Å²) in [6.45, 7) is 9.20. The summed E-state index contributed by atoms with van der Waals surface area (Å²) < 4.78 is 24.4. The van der Waals surface area contributed by atoms with Crippen LogP contribution in [0.5, 0.6) is 0 Å². The zero-order chi connectivity index (χ0) is 13.4. The molecule has 0 heterocycles. The molecule has 0 aliphatic heterocycles. The van der Waals surface area contributed by atoms with Crippen LogP contribution in [0.4, 0.5) is 0 Å². The Morgan fingerprint density at radius 1 is 1.12 bits per heavy atom. The van der Waals surface area contributed by atoms with Crippen LogP contribution >= 0.6 is 0 Å². The van der Waals surface area contributed by atoms with E-state index in [4.69, 9.17) is 5.11 Å². The van der Waals surface area contributed by atoms with E-state index in [0.717, 1.165) is 4.31 Å². The summed E-state index contributed by atoms with van der Waals surface area (Å²) >= 11 is 0. The summed E-state index contributed by atoms with van der Waals surface area (Å²) in [4.78, 5) is 10.7. The van der Waals surface area contributed by atoms with Crippen LogP contribution in [0.15, 0.2) is 0 Å². The van der Waals surface area contributed by atoms with Crippen molar-refractivity contribution in [3.05, 3.63) is 0 Å². The van der Waals surface area contributed by atoms with Gasteiger partial charge in [-0.1, -0.05) is 0 Å². The second-order valence-electron chi connectivity index (χ2n) is 5.69. The van der Waals surface area contributed by atoms with Crippen LogP contribution in [0.2, 0.25) is 0 Å². The summed E-state index contributed by atoms with van der Waals surface area (Å²) in [5, 5.41) is 8.77. The number of rotatable bonds is 3. The van der Waals surface area contributed by atoms with Crippen molar-refractivity contribution in [1.29, 1.82) is 0 Å². The number of sulfonamides is 1. The second-order valence-corrected chi connectivity index (χ2v) is 8.30. The lowest BCUT2D eigenvalue weighted by Crippen LogP contribution is -2.53. The molecule has 0 spiro atoms. The first-order chi connectivity index (χ1) is 6.80. The minimum absolute atomic E-state index is 0.511. The Morgan fingerprint density at radius 2 is 1.50 bits per heavy atom. The number of aliphatic carboxylic acids is 1. The van der Waals surface area contributed by atoms with Crippen molar-refractivity contribution >= 4 is 16.0 Å². The topological polar surface area (TPSA) is 74.7 Å². The van der Waals surface area contributed by atoms with Gasteiger partial charge in [-0.15, -0.1) is 0 Å². The van der Waals surface area contributed by atoms with Crippen molar-refractivity contribution in [1.82, 2.24) is 4.31 Å². The summed E-state index contributed by atoms with van der Waals surface area (Å²) in [7, 11) is -3.64. The predicted octanol–water partition coefficient (Wildman–Crippen LogP) is 1.30. The van der Waals surface area contributed by atoms with E-state index in [1.807, 2.05) is 0 Å². The number of nitrogens with zero attached hydrogens (tertiary/aromatic N) is 1. The quantitative estimate of drug-likeness (QED) is 0.820. The molecule has 1 N–H and O–H groups in total. The van der Waals surface area contributed by atoms with E-state index in [1.165, 1.54) is 0 Å². The zero-order valence-corrected chi connectivity index (χ0v) is 11.6. The zero-order valence-electron chi connectivity index (χ0n) is 10.7. The van der Waals surface area contributed by atoms with Gasteiger partial charge >= 0.3 is 5.97 Å². The van der Waals surface area contributed by atoms with Gasteiger partial charge in [-0.05, 0) is 41.5 Å². The van der Waals surface area contributed by atoms with E-state index < -0.39 is 32.8 Å². The Kier molecular flexibility index (Phi) is 4.16. The number of carboxylic acid groups (broad SMARTS) is 1. The molecule has 0 aromatic carbocycles. The summed E-state index contributed by atoms with van der Waals surface area (Å²) in [5.41, 5.74) is -0.746. The lowest BCUT2D eigenvalue weighted by Gasteiger charge is -2.37. The Bertz CT molecular complexity index is 359. The summed E-state index contributed by atoms with van der Waals surface area (Å²) in [6, 6.07) is 0. The molecular formula is C10H21NO4S. The molecule has 0 aliphatic carbocycles. The van der Waals surface area contributed by atoms with Crippen molar-refractivity contribution in [2.75, 3.05) is 6.54 Å². The highest BCUT2D eigenvalue weighted by molar-refractivity contribution is 7.90. The molecule has 0 aromatic rings. The number of hydrogen-bond donors (Lipinski definition) is 1. The summed E-state index contributed by atoms with van der Waals surface area (Å²) in [5.74, 6) is -1.15. The third kappa shape index (κ3) is 3.45. The maximum absolute atomic E-state index is 12.2. The molecule has 5 nitrogen and oxygen atoms in total.